The van der Waals surface area contributed by atoms with Gasteiger partial charge in [-0.15, -0.1) is 0 Å². The highest BCUT2D eigenvalue weighted by Gasteiger charge is 2.35. The number of amides is 1. The molecule has 1 aliphatic carbocycles. The van der Waals surface area contributed by atoms with Gasteiger partial charge in [-0.05, 0) is 50.9 Å². The number of likely N-dealkylation sites (N-methyl/N-ethyl adjacent to an activating group) is 1. The molecule has 3 nitrogen and oxygen atoms in total. The third kappa shape index (κ3) is 3.13. The summed E-state index contributed by atoms with van der Waals surface area (Å²) in [5, 5.41) is 0. The summed E-state index contributed by atoms with van der Waals surface area (Å²) in [6.45, 7) is 2.43. The molecule has 21 heavy (non-hydrogen) atoms. The van der Waals surface area contributed by atoms with E-state index >= 15 is 0 Å². The molecule has 2 atom stereocenters. The van der Waals surface area contributed by atoms with Crippen molar-refractivity contribution in [3.63, 3.8) is 0 Å². The summed E-state index contributed by atoms with van der Waals surface area (Å²) < 4.78 is 0. The van der Waals surface area contributed by atoms with Gasteiger partial charge >= 0.3 is 0 Å². The highest BCUT2D eigenvalue weighted by Crippen LogP contribution is 2.29. The van der Waals surface area contributed by atoms with Crippen LogP contribution in [0.5, 0.6) is 0 Å². The molecule has 3 heteroatoms. The minimum Gasteiger partial charge on any atom is -0.337 e. The van der Waals surface area contributed by atoms with Gasteiger partial charge in [-0.1, -0.05) is 31.0 Å². The second kappa shape index (κ2) is 6.61. The van der Waals surface area contributed by atoms with Crippen molar-refractivity contribution in [1.82, 2.24) is 9.80 Å². The van der Waals surface area contributed by atoms with Gasteiger partial charge in [0.15, 0.2) is 0 Å². The van der Waals surface area contributed by atoms with Gasteiger partial charge < -0.3 is 4.90 Å². The van der Waals surface area contributed by atoms with Crippen LogP contribution in [0.3, 0.4) is 0 Å². The van der Waals surface area contributed by atoms with Crippen molar-refractivity contribution >= 4 is 5.91 Å². The van der Waals surface area contributed by atoms with Crippen LogP contribution >= 0.6 is 0 Å². The lowest BCUT2D eigenvalue weighted by molar-refractivity contribution is 0.0496. The molecule has 3 rings (SSSR count). The van der Waals surface area contributed by atoms with E-state index in [1.807, 2.05) is 42.3 Å². The first-order valence-corrected chi connectivity index (χ1v) is 8.33. The molecule has 1 amide bonds. The van der Waals surface area contributed by atoms with Gasteiger partial charge in [-0.3, -0.25) is 9.69 Å². The van der Waals surface area contributed by atoms with E-state index in [2.05, 4.69) is 4.90 Å². The van der Waals surface area contributed by atoms with Crippen molar-refractivity contribution < 1.29 is 4.79 Å². The number of hydrogen-bond acceptors (Lipinski definition) is 2. The lowest BCUT2D eigenvalue weighted by atomic mass is 9.88. The van der Waals surface area contributed by atoms with Crippen LogP contribution in [0, 0.1) is 0 Å². The fourth-order valence-corrected chi connectivity index (χ4v) is 3.98. The van der Waals surface area contributed by atoms with Crippen LogP contribution in [0.25, 0.3) is 0 Å². The van der Waals surface area contributed by atoms with Crippen LogP contribution < -0.4 is 0 Å². The van der Waals surface area contributed by atoms with Gasteiger partial charge in [0.05, 0.1) is 0 Å². The predicted molar refractivity (Wildman–Crippen MR) is 85.4 cm³/mol. The molecule has 1 aliphatic heterocycles. The first kappa shape index (κ1) is 14.6. The number of rotatable bonds is 3. The maximum atomic E-state index is 12.7. The van der Waals surface area contributed by atoms with E-state index in [0.29, 0.717) is 12.1 Å². The number of carbonyl (C=O) groups is 1. The van der Waals surface area contributed by atoms with Gasteiger partial charge in [0.2, 0.25) is 0 Å². The van der Waals surface area contributed by atoms with Crippen LogP contribution in [0.15, 0.2) is 30.3 Å². The third-order valence-electron chi connectivity index (χ3n) is 5.14. The number of likely N-dealkylation sites (tertiary alicyclic amines) is 1. The van der Waals surface area contributed by atoms with Crippen LogP contribution in [-0.4, -0.2) is 47.9 Å². The fraction of sp³-hybridized carbons (Fsp3) is 0.611. The van der Waals surface area contributed by atoms with Gasteiger partial charge in [-0.2, -0.15) is 0 Å². The molecule has 0 N–H and O–H groups in total. The molecule has 1 saturated heterocycles. The van der Waals surface area contributed by atoms with Gasteiger partial charge in [-0.25, -0.2) is 0 Å². The van der Waals surface area contributed by atoms with E-state index < -0.39 is 0 Å². The highest BCUT2D eigenvalue weighted by atomic mass is 16.2. The summed E-state index contributed by atoms with van der Waals surface area (Å²) in [6, 6.07) is 10.6. The molecule has 114 valence electrons. The molecule has 0 unspecified atom stereocenters. The highest BCUT2D eigenvalue weighted by molar-refractivity contribution is 5.94. The molecule has 1 saturated carbocycles. The number of hydrogen-bond donors (Lipinski definition) is 0. The number of carbonyl (C=O) groups excluding carboxylic acids is 1. The first-order chi connectivity index (χ1) is 10.3. The molecular weight excluding hydrogens is 260 g/mol. The minimum atomic E-state index is 0.173. The Bertz CT molecular complexity index is 467. The topological polar surface area (TPSA) is 23.6 Å². The van der Waals surface area contributed by atoms with Crippen LogP contribution in [0.2, 0.25) is 0 Å². The molecule has 0 spiro atoms. The second-order valence-corrected chi connectivity index (χ2v) is 6.44. The largest absolute Gasteiger partial charge is 0.337 e. The fourth-order valence-electron chi connectivity index (χ4n) is 3.98. The van der Waals surface area contributed by atoms with Crippen LogP contribution in [0.4, 0.5) is 0 Å². The third-order valence-corrected chi connectivity index (χ3v) is 5.14. The second-order valence-electron chi connectivity index (χ2n) is 6.44. The Morgan fingerprint density at radius 2 is 1.71 bits per heavy atom. The van der Waals surface area contributed by atoms with Crippen molar-refractivity contribution in [3.05, 3.63) is 35.9 Å². The van der Waals surface area contributed by atoms with Crippen molar-refractivity contribution in [2.45, 2.75) is 50.6 Å². The minimum absolute atomic E-state index is 0.173. The predicted octanol–water partition coefficient (Wildman–Crippen LogP) is 3.17. The molecule has 2 aliphatic rings. The number of nitrogens with zero attached hydrogens (tertiary/aromatic N) is 2. The Hall–Kier alpha value is -1.35. The molecular formula is C18H26N2O. The zero-order chi connectivity index (χ0) is 14.7. The normalized spacial score (nSPS) is 26.7. The summed E-state index contributed by atoms with van der Waals surface area (Å²) in [5.41, 5.74) is 0.811. The molecule has 1 aromatic carbocycles. The zero-order valence-electron chi connectivity index (χ0n) is 13.0. The van der Waals surface area contributed by atoms with E-state index in [4.69, 9.17) is 0 Å². The Morgan fingerprint density at radius 3 is 2.43 bits per heavy atom. The van der Waals surface area contributed by atoms with E-state index in [9.17, 15) is 4.79 Å². The van der Waals surface area contributed by atoms with E-state index in [-0.39, 0.29) is 5.91 Å². The summed E-state index contributed by atoms with van der Waals surface area (Å²) in [7, 11) is 1.99. The molecule has 0 radical (unpaired) electrons. The average molecular weight is 286 g/mol. The maximum absolute atomic E-state index is 12.7. The zero-order valence-corrected chi connectivity index (χ0v) is 13.0. The van der Waals surface area contributed by atoms with Gasteiger partial charge in [0, 0.05) is 24.7 Å². The van der Waals surface area contributed by atoms with Crippen molar-refractivity contribution in [3.8, 4) is 0 Å². The smallest absolute Gasteiger partial charge is 0.253 e. The Morgan fingerprint density at radius 1 is 1.05 bits per heavy atom. The Balaban J connectivity index is 1.74. The van der Waals surface area contributed by atoms with E-state index in [1.165, 1.54) is 45.2 Å². The van der Waals surface area contributed by atoms with Gasteiger partial charge in [0.1, 0.15) is 0 Å². The van der Waals surface area contributed by atoms with Crippen molar-refractivity contribution in [2.75, 3.05) is 20.1 Å². The molecule has 0 bridgehead atoms. The summed E-state index contributed by atoms with van der Waals surface area (Å²) in [4.78, 5) is 17.3. The first-order valence-electron chi connectivity index (χ1n) is 8.33. The molecule has 0 aromatic heterocycles. The Labute approximate surface area is 127 Å². The van der Waals surface area contributed by atoms with Crippen molar-refractivity contribution in [1.29, 1.82) is 0 Å². The maximum Gasteiger partial charge on any atom is 0.253 e. The SMILES string of the molecule is CN(C(=O)c1ccccc1)[C@H]1CCCC[C@@H]1N1CCCC1. The molecule has 1 heterocycles. The standard InChI is InChI=1S/C18H26N2O/c1-19(18(21)15-9-3-2-4-10-15)16-11-5-6-12-17(16)20-13-7-8-14-20/h2-4,9-10,16-17H,5-8,11-14H2,1H3/t16-,17-/m0/s1. The summed E-state index contributed by atoms with van der Waals surface area (Å²) in [6.07, 6.45) is 7.60. The average Bonchev–Trinajstić information content (AvgIpc) is 3.08. The summed E-state index contributed by atoms with van der Waals surface area (Å²) in [5.74, 6) is 0.173. The van der Waals surface area contributed by atoms with Gasteiger partial charge in [0.25, 0.3) is 5.91 Å². The molecule has 2 fully saturated rings. The quantitative estimate of drug-likeness (QED) is 0.852. The van der Waals surface area contributed by atoms with Crippen molar-refractivity contribution in [2.24, 2.45) is 0 Å². The summed E-state index contributed by atoms with van der Waals surface area (Å²) >= 11 is 0. The monoisotopic (exact) mass is 286 g/mol. The number of benzene rings is 1. The lowest BCUT2D eigenvalue weighted by Crippen LogP contribution is -2.53. The van der Waals surface area contributed by atoms with E-state index in [0.717, 1.165) is 12.0 Å². The molecule has 1 aromatic rings. The van der Waals surface area contributed by atoms with Crippen LogP contribution in [0.1, 0.15) is 48.9 Å². The van der Waals surface area contributed by atoms with E-state index in [1.54, 1.807) is 0 Å². The Kier molecular flexibility index (Phi) is 4.59. The lowest BCUT2D eigenvalue weighted by Gasteiger charge is -2.42. The van der Waals surface area contributed by atoms with Crippen LogP contribution in [-0.2, 0) is 0 Å².